The van der Waals surface area contributed by atoms with E-state index in [4.69, 9.17) is 9.52 Å². The normalized spacial score (nSPS) is 13.6. The summed E-state index contributed by atoms with van der Waals surface area (Å²) in [5, 5.41) is 8.69. The molecule has 0 amide bonds. The second kappa shape index (κ2) is 4.29. The number of aromatic nitrogens is 1. The molecular formula is C14H13NO3. The van der Waals surface area contributed by atoms with E-state index < -0.39 is 5.97 Å². The SMILES string of the molecule is O=C(O)Cc1coc(-c2ccc3c(c2)CCC3)n1. The topological polar surface area (TPSA) is 63.3 Å². The van der Waals surface area contributed by atoms with Gasteiger partial charge in [0.25, 0.3) is 0 Å². The molecule has 0 saturated heterocycles. The summed E-state index contributed by atoms with van der Waals surface area (Å²) in [6.07, 6.45) is 4.76. The molecule has 1 aliphatic carbocycles. The number of hydrogen-bond donors (Lipinski definition) is 1. The van der Waals surface area contributed by atoms with E-state index in [1.807, 2.05) is 6.07 Å². The van der Waals surface area contributed by atoms with Crippen molar-refractivity contribution in [3.05, 3.63) is 41.3 Å². The van der Waals surface area contributed by atoms with Crippen molar-refractivity contribution in [3.8, 4) is 11.5 Å². The van der Waals surface area contributed by atoms with Gasteiger partial charge in [0.15, 0.2) is 0 Å². The highest BCUT2D eigenvalue weighted by molar-refractivity contribution is 5.69. The zero-order valence-electron chi connectivity index (χ0n) is 9.85. The number of carboxylic acids is 1. The number of aryl methyl sites for hydroxylation is 2. The lowest BCUT2D eigenvalue weighted by Crippen LogP contribution is -1.99. The molecule has 0 radical (unpaired) electrons. The molecule has 1 heterocycles. The number of fused-ring (bicyclic) bond motifs is 1. The van der Waals surface area contributed by atoms with Gasteiger partial charge >= 0.3 is 5.97 Å². The van der Waals surface area contributed by atoms with Crippen molar-refractivity contribution in [1.82, 2.24) is 4.98 Å². The van der Waals surface area contributed by atoms with E-state index in [1.54, 1.807) is 0 Å². The minimum absolute atomic E-state index is 0.103. The Morgan fingerprint density at radius 2 is 2.17 bits per heavy atom. The highest BCUT2D eigenvalue weighted by atomic mass is 16.4. The molecule has 0 fully saturated rings. The van der Waals surface area contributed by atoms with Gasteiger partial charge in [-0.15, -0.1) is 0 Å². The molecule has 0 aliphatic heterocycles. The first kappa shape index (κ1) is 11.0. The first-order valence-corrected chi connectivity index (χ1v) is 6.01. The molecule has 1 aliphatic rings. The van der Waals surface area contributed by atoms with Crippen molar-refractivity contribution in [1.29, 1.82) is 0 Å². The van der Waals surface area contributed by atoms with Crippen molar-refractivity contribution < 1.29 is 14.3 Å². The van der Waals surface area contributed by atoms with Crippen LogP contribution < -0.4 is 0 Å². The van der Waals surface area contributed by atoms with Crippen LogP contribution >= 0.6 is 0 Å². The standard InChI is InChI=1S/C14H13NO3/c16-13(17)7-12-8-18-14(15-12)11-5-4-9-2-1-3-10(9)6-11/h4-6,8H,1-3,7H2,(H,16,17). The number of rotatable bonds is 3. The van der Waals surface area contributed by atoms with E-state index in [2.05, 4.69) is 17.1 Å². The Bertz CT molecular complexity index is 601. The van der Waals surface area contributed by atoms with Gasteiger partial charge in [-0.2, -0.15) is 0 Å². The van der Waals surface area contributed by atoms with Crippen LogP contribution in [0.2, 0.25) is 0 Å². The number of benzene rings is 1. The number of aliphatic carboxylic acids is 1. The third-order valence-electron chi connectivity index (χ3n) is 3.23. The summed E-state index contributed by atoms with van der Waals surface area (Å²) >= 11 is 0. The van der Waals surface area contributed by atoms with Crippen molar-refractivity contribution in [3.63, 3.8) is 0 Å². The average Bonchev–Trinajstić information content (AvgIpc) is 2.95. The molecule has 1 aromatic carbocycles. The summed E-state index contributed by atoms with van der Waals surface area (Å²) in [7, 11) is 0. The van der Waals surface area contributed by atoms with E-state index in [1.165, 1.54) is 23.8 Å². The summed E-state index contributed by atoms with van der Waals surface area (Å²) < 4.78 is 5.34. The van der Waals surface area contributed by atoms with E-state index in [9.17, 15) is 4.79 Å². The van der Waals surface area contributed by atoms with Crippen LogP contribution in [0.1, 0.15) is 23.2 Å². The Morgan fingerprint density at radius 3 is 3.00 bits per heavy atom. The minimum atomic E-state index is -0.899. The minimum Gasteiger partial charge on any atom is -0.481 e. The molecule has 0 unspecified atom stereocenters. The molecule has 4 nitrogen and oxygen atoms in total. The van der Waals surface area contributed by atoms with Gasteiger partial charge in [0, 0.05) is 5.56 Å². The van der Waals surface area contributed by atoms with Crippen LogP contribution in [0.4, 0.5) is 0 Å². The van der Waals surface area contributed by atoms with E-state index in [0.29, 0.717) is 11.6 Å². The van der Waals surface area contributed by atoms with Gasteiger partial charge < -0.3 is 9.52 Å². The third-order valence-corrected chi connectivity index (χ3v) is 3.23. The maximum atomic E-state index is 10.6. The molecule has 1 N–H and O–H groups in total. The molecule has 0 atom stereocenters. The van der Waals surface area contributed by atoms with Gasteiger partial charge in [-0.25, -0.2) is 4.98 Å². The number of oxazole rings is 1. The van der Waals surface area contributed by atoms with Crippen LogP contribution in [0, 0.1) is 0 Å². The highest BCUT2D eigenvalue weighted by Crippen LogP contribution is 2.27. The average molecular weight is 243 g/mol. The van der Waals surface area contributed by atoms with Crippen molar-refractivity contribution in [2.45, 2.75) is 25.7 Å². The lowest BCUT2D eigenvalue weighted by atomic mass is 10.1. The van der Waals surface area contributed by atoms with E-state index >= 15 is 0 Å². The zero-order valence-corrected chi connectivity index (χ0v) is 9.85. The van der Waals surface area contributed by atoms with Crippen LogP contribution in [0.3, 0.4) is 0 Å². The second-order valence-electron chi connectivity index (χ2n) is 4.55. The van der Waals surface area contributed by atoms with Crippen molar-refractivity contribution in [2.24, 2.45) is 0 Å². The van der Waals surface area contributed by atoms with Crippen LogP contribution in [0.25, 0.3) is 11.5 Å². The number of carbonyl (C=O) groups is 1. The second-order valence-corrected chi connectivity index (χ2v) is 4.55. The van der Waals surface area contributed by atoms with Gasteiger partial charge in [0.1, 0.15) is 6.26 Å². The van der Waals surface area contributed by atoms with Gasteiger partial charge in [0.05, 0.1) is 12.1 Å². The summed E-state index contributed by atoms with van der Waals surface area (Å²) in [6, 6.07) is 6.19. The molecule has 2 aromatic rings. The summed E-state index contributed by atoms with van der Waals surface area (Å²) in [6.45, 7) is 0. The Hall–Kier alpha value is -2.10. The molecule has 18 heavy (non-hydrogen) atoms. The molecule has 0 saturated carbocycles. The molecule has 0 bridgehead atoms. The van der Waals surface area contributed by atoms with Gasteiger partial charge in [-0.05, 0) is 42.5 Å². The van der Waals surface area contributed by atoms with Crippen molar-refractivity contribution >= 4 is 5.97 Å². The van der Waals surface area contributed by atoms with Crippen LogP contribution in [0.5, 0.6) is 0 Å². The maximum absolute atomic E-state index is 10.6. The highest BCUT2D eigenvalue weighted by Gasteiger charge is 2.14. The Morgan fingerprint density at radius 1 is 1.33 bits per heavy atom. The predicted octanol–water partition coefficient (Wildman–Crippen LogP) is 2.46. The quantitative estimate of drug-likeness (QED) is 0.899. The first-order chi connectivity index (χ1) is 8.72. The Balaban J connectivity index is 1.90. The monoisotopic (exact) mass is 243 g/mol. The van der Waals surface area contributed by atoms with Crippen LogP contribution in [-0.2, 0) is 24.1 Å². The number of nitrogens with zero attached hydrogens (tertiary/aromatic N) is 1. The predicted molar refractivity (Wildman–Crippen MR) is 65.3 cm³/mol. The Labute approximate surface area is 104 Å². The van der Waals surface area contributed by atoms with Crippen LogP contribution in [-0.4, -0.2) is 16.1 Å². The number of carboxylic acid groups (broad SMARTS) is 1. The van der Waals surface area contributed by atoms with Gasteiger partial charge in [-0.3, -0.25) is 4.79 Å². The molecule has 92 valence electrons. The van der Waals surface area contributed by atoms with E-state index in [-0.39, 0.29) is 6.42 Å². The fourth-order valence-electron chi connectivity index (χ4n) is 2.38. The van der Waals surface area contributed by atoms with Crippen molar-refractivity contribution in [2.75, 3.05) is 0 Å². The largest absolute Gasteiger partial charge is 0.481 e. The summed E-state index contributed by atoms with van der Waals surface area (Å²) in [4.78, 5) is 14.8. The lowest BCUT2D eigenvalue weighted by molar-refractivity contribution is -0.136. The third kappa shape index (κ3) is 2.01. The molecule has 0 spiro atoms. The smallest absolute Gasteiger partial charge is 0.309 e. The summed E-state index contributed by atoms with van der Waals surface area (Å²) in [5.74, 6) is -0.398. The first-order valence-electron chi connectivity index (χ1n) is 6.01. The maximum Gasteiger partial charge on any atom is 0.309 e. The lowest BCUT2D eigenvalue weighted by Gasteiger charge is -2.00. The zero-order chi connectivity index (χ0) is 12.5. The molecule has 4 heteroatoms. The van der Waals surface area contributed by atoms with Gasteiger partial charge in [-0.1, -0.05) is 6.07 Å². The summed E-state index contributed by atoms with van der Waals surface area (Å²) in [5.41, 5.74) is 4.13. The fourth-order valence-corrected chi connectivity index (χ4v) is 2.38. The van der Waals surface area contributed by atoms with E-state index in [0.717, 1.165) is 18.4 Å². The van der Waals surface area contributed by atoms with Gasteiger partial charge in [0.2, 0.25) is 5.89 Å². The fraction of sp³-hybridized carbons (Fsp3) is 0.286. The van der Waals surface area contributed by atoms with Crippen LogP contribution in [0.15, 0.2) is 28.9 Å². The number of hydrogen-bond acceptors (Lipinski definition) is 3. The Kier molecular flexibility index (Phi) is 2.63. The molecule has 1 aromatic heterocycles. The molecule has 3 rings (SSSR count). The molecular weight excluding hydrogens is 230 g/mol.